The van der Waals surface area contributed by atoms with Crippen LogP contribution in [-0.2, 0) is 16.6 Å². The quantitative estimate of drug-likeness (QED) is 0.334. The van der Waals surface area contributed by atoms with Gasteiger partial charge in [-0.05, 0) is 47.5 Å². The minimum Gasteiger partial charge on any atom is -0.396 e. The first-order valence-electron chi connectivity index (χ1n) is 9.70. The summed E-state index contributed by atoms with van der Waals surface area (Å²) in [6.07, 6.45) is 3.11. The zero-order chi connectivity index (χ0) is 23.8. The number of nitrogens with two attached hydrogens (primary N) is 3. The van der Waals surface area contributed by atoms with Crippen molar-refractivity contribution in [3.63, 3.8) is 0 Å². The van der Waals surface area contributed by atoms with E-state index in [4.69, 9.17) is 16.6 Å². The molecule has 4 aromatic rings. The van der Waals surface area contributed by atoms with Gasteiger partial charge in [0.1, 0.15) is 0 Å². The van der Waals surface area contributed by atoms with Crippen LogP contribution in [0.5, 0.6) is 0 Å². The molecule has 4 rings (SSSR count). The van der Waals surface area contributed by atoms with E-state index in [-0.39, 0.29) is 28.6 Å². The molecule has 2 aromatic carbocycles. The van der Waals surface area contributed by atoms with Gasteiger partial charge < -0.3 is 16.8 Å². The number of hydrogen-bond donors (Lipinski definition) is 4. The van der Waals surface area contributed by atoms with Crippen molar-refractivity contribution in [2.75, 3.05) is 5.73 Å². The van der Waals surface area contributed by atoms with Crippen molar-refractivity contribution in [3.8, 4) is 11.1 Å². The van der Waals surface area contributed by atoms with E-state index in [9.17, 15) is 18.0 Å². The van der Waals surface area contributed by atoms with E-state index in [0.717, 1.165) is 16.7 Å². The molecule has 0 saturated carbocycles. The molecule has 2 amide bonds. The number of carbonyl (C=O) groups excluding carboxylic acids is 2. The number of carbonyl (C=O) groups is 2. The Bertz CT molecular complexity index is 1490. The highest BCUT2D eigenvalue weighted by atomic mass is 32.2. The molecule has 0 fully saturated rings. The zero-order valence-electron chi connectivity index (χ0n) is 17.2. The van der Waals surface area contributed by atoms with Crippen molar-refractivity contribution < 1.29 is 18.0 Å². The van der Waals surface area contributed by atoms with Gasteiger partial charge in [0.15, 0.2) is 0 Å². The third-order valence-electron chi connectivity index (χ3n) is 5.10. The average Bonchev–Trinajstić information content (AvgIpc) is 3.23. The Morgan fingerprint density at radius 3 is 2.42 bits per heavy atom. The van der Waals surface area contributed by atoms with Crippen LogP contribution in [0.25, 0.3) is 16.6 Å². The van der Waals surface area contributed by atoms with Crippen molar-refractivity contribution in [1.29, 1.82) is 0 Å². The summed E-state index contributed by atoms with van der Waals surface area (Å²) in [5.74, 6) is -1.01. The van der Waals surface area contributed by atoms with Crippen molar-refractivity contribution in [2.24, 2.45) is 10.9 Å². The first-order chi connectivity index (χ1) is 15.6. The van der Waals surface area contributed by atoms with Gasteiger partial charge >= 0.3 is 0 Å². The number of nitrogen functional groups attached to an aromatic ring is 1. The number of amides is 2. The molecule has 2 aromatic heterocycles. The van der Waals surface area contributed by atoms with Gasteiger partial charge in [0, 0.05) is 23.9 Å². The van der Waals surface area contributed by atoms with E-state index in [1.165, 1.54) is 30.5 Å². The Morgan fingerprint density at radius 2 is 1.76 bits per heavy atom. The van der Waals surface area contributed by atoms with Crippen molar-refractivity contribution in [1.82, 2.24) is 14.9 Å². The maximum Gasteiger partial charge on any atom is 0.252 e. The fourth-order valence-electron chi connectivity index (χ4n) is 3.37. The summed E-state index contributed by atoms with van der Waals surface area (Å²) in [7, 11) is -3.82. The molecule has 7 N–H and O–H groups in total. The summed E-state index contributed by atoms with van der Waals surface area (Å²) < 4.78 is 24.2. The number of benzene rings is 2. The molecular formula is C22H20N6O4S. The normalized spacial score (nSPS) is 11.4. The van der Waals surface area contributed by atoms with Crippen molar-refractivity contribution in [3.05, 3.63) is 83.7 Å². The van der Waals surface area contributed by atoms with Gasteiger partial charge in [0.25, 0.3) is 11.8 Å². The summed E-state index contributed by atoms with van der Waals surface area (Å²) in [5, 5.41) is 12.1. The smallest absolute Gasteiger partial charge is 0.252 e. The molecular weight excluding hydrogens is 444 g/mol. The van der Waals surface area contributed by atoms with Crippen LogP contribution in [0.4, 0.5) is 5.69 Å². The monoisotopic (exact) mass is 464 g/mol. The highest BCUT2D eigenvalue weighted by Gasteiger charge is 2.14. The van der Waals surface area contributed by atoms with Crippen LogP contribution in [0.1, 0.15) is 26.3 Å². The fraction of sp³-hybridized carbons (Fsp3) is 0.0455. The maximum absolute atomic E-state index is 12.4. The Kier molecular flexibility index (Phi) is 5.58. The largest absolute Gasteiger partial charge is 0.396 e. The number of nitrogens with zero attached hydrogens (tertiary/aromatic N) is 2. The number of anilines is 1. The third-order valence-corrected chi connectivity index (χ3v) is 6.03. The van der Waals surface area contributed by atoms with Crippen LogP contribution in [-0.4, -0.2) is 29.8 Å². The topological polar surface area (TPSA) is 176 Å². The van der Waals surface area contributed by atoms with E-state index in [2.05, 4.69) is 10.4 Å². The number of rotatable bonds is 6. The molecule has 11 heteroatoms. The first kappa shape index (κ1) is 22.0. The lowest BCUT2D eigenvalue weighted by molar-refractivity contribution is 0.0949. The number of primary amides is 1. The minimum atomic E-state index is -3.82. The molecule has 0 saturated heterocycles. The van der Waals surface area contributed by atoms with E-state index in [0.29, 0.717) is 11.1 Å². The van der Waals surface area contributed by atoms with Gasteiger partial charge in [0.05, 0.1) is 27.9 Å². The molecule has 0 radical (unpaired) electrons. The highest BCUT2D eigenvalue weighted by molar-refractivity contribution is 7.89. The average molecular weight is 465 g/mol. The molecule has 0 spiro atoms. The first-order valence-corrected chi connectivity index (χ1v) is 11.2. The number of fused-ring (bicyclic) bond motifs is 1. The second-order valence-electron chi connectivity index (χ2n) is 7.35. The summed E-state index contributed by atoms with van der Waals surface area (Å²) in [6.45, 7) is 0.253. The second-order valence-corrected chi connectivity index (χ2v) is 8.91. The SMILES string of the molecule is NC(=O)c1cnn2cc(-c3cccc(CNC(=O)c4ccc(S(N)(=O)=O)cc4)c3)cc2c1N. The van der Waals surface area contributed by atoms with Gasteiger partial charge in [-0.2, -0.15) is 5.10 Å². The highest BCUT2D eigenvalue weighted by Crippen LogP contribution is 2.27. The molecule has 168 valence electrons. The number of hydrogen-bond acceptors (Lipinski definition) is 6. The molecule has 0 aliphatic heterocycles. The third kappa shape index (κ3) is 4.54. The lowest BCUT2D eigenvalue weighted by atomic mass is 10.1. The molecule has 0 atom stereocenters. The summed E-state index contributed by atoms with van der Waals surface area (Å²) in [5.41, 5.74) is 15.2. The number of aromatic nitrogens is 2. The molecule has 0 bridgehead atoms. The Morgan fingerprint density at radius 1 is 1.03 bits per heavy atom. The predicted molar refractivity (Wildman–Crippen MR) is 123 cm³/mol. The second kappa shape index (κ2) is 8.37. The lowest BCUT2D eigenvalue weighted by Gasteiger charge is -2.07. The molecule has 0 unspecified atom stereocenters. The molecule has 2 heterocycles. The lowest BCUT2D eigenvalue weighted by Crippen LogP contribution is -2.23. The number of primary sulfonamides is 1. The van der Waals surface area contributed by atoms with Crippen molar-refractivity contribution >= 4 is 33.0 Å². The summed E-state index contributed by atoms with van der Waals surface area (Å²) in [6, 6.07) is 14.7. The van der Waals surface area contributed by atoms with Gasteiger partial charge in [-0.15, -0.1) is 0 Å². The van der Waals surface area contributed by atoms with Crippen LogP contribution < -0.4 is 21.9 Å². The van der Waals surface area contributed by atoms with Gasteiger partial charge in [0.2, 0.25) is 10.0 Å². The number of nitrogens with one attached hydrogen (secondary N) is 1. The minimum absolute atomic E-state index is 0.0650. The van der Waals surface area contributed by atoms with Crippen LogP contribution >= 0.6 is 0 Å². The van der Waals surface area contributed by atoms with E-state index >= 15 is 0 Å². The van der Waals surface area contributed by atoms with E-state index < -0.39 is 15.9 Å². The van der Waals surface area contributed by atoms with Crippen LogP contribution in [0.2, 0.25) is 0 Å². The molecule has 10 nitrogen and oxygen atoms in total. The Balaban J connectivity index is 1.52. The maximum atomic E-state index is 12.4. The van der Waals surface area contributed by atoms with Gasteiger partial charge in [-0.1, -0.05) is 18.2 Å². The van der Waals surface area contributed by atoms with E-state index in [1.54, 1.807) is 16.8 Å². The Hall–Kier alpha value is -4.22. The summed E-state index contributed by atoms with van der Waals surface area (Å²) in [4.78, 5) is 23.9. The van der Waals surface area contributed by atoms with Crippen LogP contribution in [0, 0.1) is 0 Å². The van der Waals surface area contributed by atoms with E-state index in [1.807, 2.05) is 24.3 Å². The predicted octanol–water partition coefficient (Wildman–Crippen LogP) is 1.26. The van der Waals surface area contributed by atoms with Gasteiger partial charge in [-0.25, -0.2) is 18.1 Å². The van der Waals surface area contributed by atoms with Crippen LogP contribution in [0.15, 0.2) is 71.9 Å². The number of sulfonamides is 1. The zero-order valence-corrected chi connectivity index (χ0v) is 18.0. The Labute approximate surface area is 189 Å². The molecule has 33 heavy (non-hydrogen) atoms. The van der Waals surface area contributed by atoms with Gasteiger partial charge in [-0.3, -0.25) is 9.59 Å². The van der Waals surface area contributed by atoms with Crippen molar-refractivity contribution in [2.45, 2.75) is 11.4 Å². The fourth-order valence-corrected chi connectivity index (χ4v) is 3.89. The standard InChI is InChI=1S/C22H20N6O4S/c23-20-18(21(24)29)11-27-28-12-16(9-19(20)28)15-3-1-2-13(8-15)10-26-22(30)14-4-6-17(7-5-14)33(25,31)32/h1-9,11-12H,10,23H2,(H2,24,29)(H,26,30)(H2,25,31,32). The summed E-state index contributed by atoms with van der Waals surface area (Å²) >= 11 is 0. The molecule has 0 aliphatic carbocycles. The van der Waals surface area contributed by atoms with Crippen LogP contribution in [0.3, 0.4) is 0 Å². The molecule has 0 aliphatic rings.